The van der Waals surface area contributed by atoms with Gasteiger partial charge in [-0.15, -0.1) is 0 Å². The summed E-state index contributed by atoms with van der Waals surface area (Å²) >= 11 is 0. The molecule has 0 aliphatic rings. The first-order chi connectivity index (χ1) is 9.56. The number of carbonyl (C=O) groups is 1. The molecule has 1 aromatic carbocycles. The Bertz CT molecular complexity index is 408. The lowest BCUT2D eigenvalue weighted by Crippen LogP contribution is -2.41. The van der Waals surface area contributed by atoms with Gasteiger partial charge in [-0.05, 0) is 31.2 Å². The number of nitrogens with one attached hydrogen (secondary N) is 1. The van der Waals surface area contributed by atoms with Gasteiger partial charge in [0, 0.05) is 32.1 Å². The first-order valence-electron chi connectivity index (χ1n) is 6.98. The van der Waals surface area contributed by atoms with E-state index in [0.717, 1.165) is 12.0 Å². The molecule has 1 unspecified atom stereocenters. The van der Waals surface area contributed by atoms with Gasteiger partial charge in [0.15, 0.2) is 0 Å². The standard InChI is InChI=1S/C15H24FN3O/c1-3-8-18-15(20)9-14(10-17)19(2)11-12-4-6-13(16)7-5-12/h4-7,14H,3,8-11,17H2,1-2H3,(H,18,20). The predicted molar refractivity (Wildman–Crippen MR) is 78.6 cm³/mol. The molecule has 20 heavy (non-hydrogen) atoms. The van der Waals surface area contributed by atoms with Crippen LogP contribution in [0.3, 0.4) is 0 Å². The van der Waals surface area contributed by atoms with E-state index in [4.69, 9.17) is 5.73 Å². The van der Waals surface area contributed by atoms with Gasteiger partial charge in [-0.2, -0.15) is 0 Å². The Morgan fingerprint density at radius 3 is 2.60 bits per heavy atom. The first kappa shape index (κ1) is 16.6. The number of hydrogen-bond acceptors (Lipinski definition) is 3. The Labute approximate surface area is 120 Å². The van der Waals surface area contributed by atoms with Crippen LogP contribution in [0.25, 0.3) is 0 Å². The van der Waals surface area contributed by atoms with Gasteiger partial charge in [-0.25, -0.2) is 4.39 Å². The molecule has 112 valence electrons. The van der Waals surface area contributed by atoms with Crippen molar-refractivity contribution in [1.82, 2.24) is 10.2 Å². The molecule has 1 amide bonds. The van der Waals surface area contributed by atoms with Crippen LogP contribution in [0.1, 0.15) is 25.3 Å². The number of amides is 1. The van der Waals surface area contributed by atoms with Crippen molar-refractivity contribution < 1.29 is 9.18 Å². The third-order valence-electron chi connectivity index (χ3n) is 3.23. The average Bonchev–Trinajstić information content (AvgIpc) is 2.44. The maximum absolute atomic E-state index is 12.9. The van der Waals surface area contributed by atoms with Crippen molar-refractivity contribution >= 4 is 5.91 Å². The molecular formula is C15H24FN3O. The highest BCUT2D eigenvalue weighted by molar-refractivity contribution is 5.76. The number of halogens is 1. The second-order valence-corrected chi connectivity index (χ2v) is 4.99. The van der Waals surface area contributed by atoms with Gasteiger partial charge < -0.3 is 11.1 Å². The second kappa shape index (κ2) is 8.66. The lowest BCUT2D eigenvalue weighted by atomic mass is 10.1. The molecule has 0 fully saturated rings. The molecule has 1 aromatic rings. The van der Waals surface area contributed by atoms with Crippen molar-refractivity contribution in [1.29, 1.82) is 0 Å². The highest BCUT2D eigenvalue weighted by Crippen LogP contribution is 2.09. The fourth-order valence-corrected chi connectivity index (χ4v) is 1.98. The van der Waals surface area contributed by atoms with Crippen molar-refractivity contribution in [3.05, 3.63) is 35.6 Å². The monoisotopic (exact) mass is 281 g/mol. The summed E-state index contributed by atoms with van der Waals surface area (Å²) in [5, 5.41) is 2.85. The van der Waals surface area contributed by atoms with Crippen LogP contribution < -0.4 is 11.1 Å². The molecule has 4 nitrogen and oxygen atoms in total. The Morgan fingerprint density at radius 2 is 2.05 bits per heavy atom. The number of carbonyl (C=O) groups excluding carboxylic acids is 1. The molecule has 1 atom stereocenters. The van der Waals surface area contributed by atoms with Crippen molar-refractivity contribution in [2.75, 3.05) is 20.1 Å². The number of rotatable bonds is 8. The van der Waals surface area contributed by atoms with Crippen LogP contribution in [0.2, 0.25) is 0 Å². The molecule has 0 aliphatic carbocycles. The largest absolute Gasteiger partial charge is 0.356 e. The zero-order valence-electron chi connectivity index (χ0n) is 12.2. The van der Waals surface area contributed by atoms with E-state index in [1.54, 1.807) is 12.1 Å². The van der Waals surface area contributed by atoms with Crippen molar-refractivity contribution in [3.63, 3.8) is 0 Å². The molecule has 0 saturated carbocycles. The van der Waals surface area contributed by atoms with Gasteiger partial charge in [0.1, 0.15) is 5.82 Å². The van der Waals surface area contributed by atoms with E-state index in [0.29, 0.717) is 26.1 Å². The van der Waals surface area contributed by atoms with Gasteiger partial charge in [-0.3, -0.25) is 9.69 Å². The number of hydrogen-bond donors (Lipinski definition) is 2. The summed E-state index contributed by atoms with van der Waals surface area (Å²) < 4.78 is 12.9. The second-order valence-electron chi connectivity index (χ2n) is 4.99. The zero-order chi connectivity index (χ0) is 15.0. The van der Waals surface area contributed by atoms with E-state index in [-0.39, 0.29) is 17.8 Å². The highest BCUT2D eigenvalue weighted by Gasteiger charge is 2.17. The van der Waals surface area contributed by atoms with Crippen LogP contribution in [-0.2, 0) is 11.3 Å². The van der Waals surface area contributed by atoms with Crippen LogP contribution in [0.5, 0.6) is 0 Å². The normalized spacial score (nSPS) is 12.4. The molecule has 0 aliphatic heterocycles. The molecule has 0 spiro atoms. The summed E-state index contributed by atoms with van der Waals surface area (Å²) in [6.07, 6.45) is 1.30. The summed E-state index contributed by atoms with van der Waals surface area (Å²) in [6.45, 7) is 3.76. The summed E-state index contributed by atoms with van der Waals surface area (Å²) in [6, 6.07) is 6.35. The van der Waals surface area contributed by atoms with Crippen LogP contribution in [0.4, 0.5) is 4.39 Å². The van der Waals surface area contributed by atoms with Crippen molar-refractivity contribution in [2.24, 2.45) is 5.73 Å². The molecule has 3 N–H and O–H groups in total. The van der Waals surface area contributed by atoms with Crippen LogP contribution >= 0.6 is 0 Å². The van der Waals surface area contributed by atoms with Crippen molar-refractivity contribution in [3.8, 4) is 0 Å². The maximum atomic E-state index is 12.9. The predicted octanol–water partition coefficient (Wildman–Crippen LogP) is 1.50. The average molecular weight is 281 g/mol. The molecule has 1 rings (SSSR count). The Kier molecular flexibility index (Phi) is 7.18. The number of nitrogens with zero attached hydrogens (tertiary/aromatic N) is 1. The Balaban J connectivity index is 2.51. The lowest BCUT2D eigenvalue weighted by Gasteiger charge is -2.26. The van der Waals surface area contributed by atoms with E-state index in [1.165, 1.54) is 12.1 Å². The third-order valence-corrected chi connectivity index (χ3v) is 3.23. The summed E-state index contributed by atoms with van der Waals surface area (Å²) in [4.78, 5) is 13.8. The van der Waals surface area contributed by atoms with Gasteiger partial charge in [-0.1, -0.05) is 19.1 Å². The third kappa shape index (κ3) is 5.67. The van der Waals surface area contributed by atoms with Crippen molar-refractivity contribution in [2.45, 2.75) is 32.4 Å². The SMILES string of the molecule is CCCNC(=O)CC(CN)N(C)Cc1ccc(F)cc1. The fourth-order valence-electron chi connectivity index (χ4n) is 1.98. The van der Waals surface area contributed by atoms with Crippen LogP contribution in [0, 0.1) is 5.82 Å². The van der Waals surface area contributed by atoms with Gasteiger partial charge >= 0.3 is 0 Å². The fraction of sp³-hybridized carbons (Fsp3) is 0.533. The molecule has 0 radical (unpaired) electrons. The molecule has 5 heteroatoms. The number of benzene rings is 1. The van der Waals surface area contributed by atoms with Crippen LogP contribution in [-0.4, -0.2) is 37.0 Å². The highest BCUT2D eigenvalue weighted by atomic mass is 19.1. The zero-order valence-corrected chi connectivity index (χ0v) is 12.2. The Hall–Kier alpha value is -1.46. The van der Waals surface area contributed by atoms with E-state index in [2.05, 4.69) is 5.32 Å². The summed E-state index contributed by atoms with van der Waals surface area (Å²) in [5.74, 6) is -0.223. The van der Waals surface area contributed by atoms with E-state index < -0.39 is 0 Å². The van der Waals surface area contributed by atoms with E-state index in [9.17, 15) is 9.18 Å². The van der Waals surface area contributed by atoms with Gasteiger partial charge in [0.2, 0.25) is 5.91 Å². The number of nitrogens with two attached hydrogens (primary N) is 1. The smallest absolute Gasteiger partial charge is 0.221 e. The minimum Gasteiger partial charge on any atom is -0.356 e. The van der Waals surface area contributed by atoms with Gasteiger partial charge in [0.05, 0.1) is 0 Å². The van der Waals surface area contributed by atoms with Gasteiger partial charge in [0.25, 0.3) is 0 Å². The molecule has 0 bridgehead atoms. The van der Waals surface area contributed by atoms with Crippen LogP contribution in [0.15, 0.2) is 24.3 Å². The Morgan fingerprint density at radius 1 is 1.40 bits per heavy atom. The maximum Gasteiger partial charge on any atom is 0.221 e. The van der Waals surface area contributed by atoms with E-state index >= 15 is 0 Å². The quantitative estimate of drug-likeness (QED) is 0.759. The molecule has 0 heterocycles. The first-order valence-corrected chi connectivity index (χ1v) is 6.98. The topological polar surface area (TPSA) is 58.4 Å². The molecule has 0 aromatic heterocycles. The van der Waals surface area contributed by atoms with E-state index in [1.807, 2.05) is 18.9 Å². The molecular weight excluding hydrogens is 257 g/mol. The molecule has 0 saturated heterocycles. The lowest BCUT2D eigenvalue weighted by molar-refractivity contribution is -0.122. The number of likely N-dealkylation sites (N-methyl/N-ethyl adjacent to an activating group) is 1. The minimum atomic E-state index is -0.245. The summed E-state index contributed by atoms with van der Waals surface area (Å²) in [5.41, 5.74) is 6.75. The minimum absolute atomic E-state index is 0.0168. The summed E-state index contributed by atoms with van der Waals surface area (Å²) in [7, 11) is 1.92.